The second kappa shape index (κ2) is 5.12. The van der Waals surface area contributed by atoms with Gasteiger partial charge in [-0.1, -0.05) is 0 Å². The van der Waals surface area contributed by atoms with Gasteiger partial charge in [0, 0.05) is 29.3 Å². The molecule has 0 unspecified atom stereocenters. The molecule has 0 spiro atoms. The Bertz CT molecular complexity index is 422. The van der Waals surface area contributed by atoms with Crippen LogP contribution in [0.2, 0.25) is 0 Å². The van der Waals surface area contributed by atoms with Crippen molar-refractivity contribution in [2.45, 2.75) is 6.42 Å². The summed E-state index contributed by atoms with van der Waals surface area (Å²) >= 11 is 1.90. The van der Waals surface area contributed by atoms with E-state index in [-0.39, 0.29) is 0 Å². The second-order valence-electron chi connectivity index (χ2n) is 3.55. The highest BCUT2D eigenvalue weighted by molar-refractivity contribution is 7.98. The Morgan fingerprint density at radius 2 is 2.27 bits per heavy atom. The molecule has 1 aromatic heterocycles. The summed E-state index contributed by atoms with van der Waals surface area (Å²) in [5.74, 6) is 1.22. The van der Waals surface area contributed by atoms with Crippen LogP contribution in [-0.2, 0) is 0 Å². The van der Waals surface area contributed by atoms with Crippen LogP contribution in [0, 0.1) is 0 Å². The number of thioether (sulfide) groups is 1. The normalized spacial score (nSPS) is 10.7. The van der Waals surface area contributed by atoms with E-state index in [1.807, 2.05) is 18.0 Å². The van der Waals surface area contributed by atoms with E-state index < -0.39 is 0 Å². The SMILES string of the molecule is CSCCCNc1ccc2[nH]ccc2c1. The average molecular weight is 220 g/mol. The Labute approximate surface area is 94.5 Å². The standard InChI is InChI=1S/C12H16N2S/c1-15-8-2-6-13-11-3-4-12-10(9-11)5-7-14-12/h3-5,7,9,13-14H,2,6,8H2,1H3. The van der Waals surface area contributed by atoms with E-state index in [9.17, 15) is 0 Å². The van der Waals surface area contributed by atoms with Crippen molar-refractivity contribution in [2.75, 3.05) is 23.9 Å². The van der Waals surface area contributed by atoms with E-state index in [4.69, 9.17) is 0 Å². The van der Waals surface area contributed by atoms with E-state index in [1.165, 1.54) is 28.8 Å². The molecular formula is C12H16N2S. The summed E-state index contributed by atoms with van der Waals surface area (Å²) in [6, 6.07) is 8.53. The molecule has 0 amide bonds. The summed E-state index contributed by atoms with van der Waals surface area (Å²) in [5, 5.41) is 4.70. The molecule has 0 aliphatic rings. The first kappa shape index (κ1) is 10.4. The minimum absolute atomic E-state index is 1.05. The summed E-state index contributed by atoms with van der Waals surface area (Å²) < 4.78 is 0. The smallest absolute Gasteiger partial charge is 0.0455 e. The zero-order chi connectivity index (χ0) is 10.5. The van der Waals surface area contributed by atoms with Crippen molar-refractivity contribution in [3.05, 3.63) is 30.5 Å². The molecule has 0 saturated carbocycles. The van der Waals surface area contributed by atoms with Crippen LogP contribution in [-0.4, -0.2) is 23.5 Å². The third kappa shape index (κ3) is 2.69. The van der Waals surface area contributed by atoms with Crippen LogP contribution in [0.4, 0.5) is 5.69 Å². The van der Waals surface area contributed by atoms with Crippen LogP contribution >= 0.6 is 11.8 Å². The molecule has 0 aliphatic heterocycles. The summed E-state index contributed by atoms with van der Waals surface area (Å²) in [4.78, 5) is 3.19. The van der Waals surface area contributed by atoms with Gasteiger partial charge in [-0.3, -0.25) is 0 Å². The maximum atomic E-state index is 3.43. The van der Waals surface area contributed by atoms with Crippen molar-refractivity contribution in [1.82, 2.24) is 4.98 Å². The van der Waals surface area contributed by atoms with Gasteiger partial charge in [0.15, 0.2) is 0 Å². The van der Waals surface area contributed by atoms with Gasteiger partial charge < -0.3 is 10.3 Å². The fourth-order valence-corrected chi connectivity index (χ4v) is 2.05. The number of aromatic amines is 1. The molecule has 1 aromatic carbocycles. The molecule has 80 valence electrons. The van der Waals surface area contributed by atoms with Crippen LogP contribution < -0.4 is 5.32 Å². The Balaban J connectivity index is 1.96. The molecular weight excluding hydrogens is 204 g/mol. The molecule has 0 saturated heterocycles. The summed E-state index contributed by atoms with van der Waals surface area (Å²) in [6.45, 7) is 1.05. The van der Waals surface area contributed by atoms with Crippen molar-refractivity contribution in [3.8, 4) is 0 Å². The van der Waals surface area contributed by atoms with Crippen molar-refractivity contribution >= 4 is 28.4 Å². The number of nitrogens with one attached hydrogen (secondary N) is 2. The van der Waals surface area contributed by atoms with Gasteiger partial charge in [-0.2, -0.15) is 11.8 Å². The lowest BCUT2D eigenvalue weighted by Crippen LogP contribution is -2.01. The van der Waals surface area contributed by atoms with Gasteiger partial charge in [0.2, 0.25) is 0 Å². The molecule has 2 N–H and O–H groups in total. The first-order valence-corrected chi connectivity index (χ1v) is 6.59. The molecule has 2 nitrogen and oxygen atoms in total. The topological polar surface area (TPSA) is 27.8 Å². The van der Waals surface area contributed by atoms with Gasteiger partial charge in [-0.15, -0.1) is 0 Å². The van der Waals surface area contributed by atoms with Crippen molar-refractivity contribution < 1.29 is 0 Å². The number of benzene rings is 1. The molecule has 0 atom stereocenters. The van der Waals surface area contributed by atoms with Gasteiger partial charge in [-0.05, 0) is 42.7 Å². The van der Waals surface area contributed by atoms with E-state index >= 15 is 0 Å². The van der Waals surface area contributed by atoms with Crippen LogP contribution in [0.5, 0.6) is 0 Å². The predicted molar refractivity (Wildman–Crippen MR) is 69.8 cm³/mol. The lowest BCUT2D eigenvalue weighted by atomic mass is 10.2. The Morgan fingerprint density at radius 1 is 1.33 bits per heavy atom. The third-order valence-corrected chi connectivity index (χ3v) is 3.10. The lowest BCUT2D eigenvalue weighted by molar-refractivity contribution is 0.994. The lowest BCUT2D eigenvalue weighted by Gasteiger charge is -2.05. The summed E-state index contributed by atoms with van der Waals surface area (Å²) in [6.07, 6.45) is 5.33. The highest BCUT2D eigenvalue weighted by atomic mass is 32.2. The van der Waals surface area contributed by atoms with Gasteiger partial charge in [0.05, 0.1) is 0 Å². The quantitative estimate of drug-likeness (QED) is 0.756. The number of anilines is 1. The fraction of sp³-hybridized carbons (Fsp3) is 0.333. The average Bonchev–Trinajstić information content (AvgIpc) is 2.71. The number of fused-ring (bicyclic) bond motifs is 1. The summed E-state index contributed by atoms with van der Waals surface area (Å²) in [7, 11) is 0. The Hall–Kier alpha value is -1.09. The Kier molecular flexibility index (Phi) is 3.56. The predicted octanol–water partition coefficient (Wildman–Crippen LogP) is 3.33. The molecule has 3 heteroatoms. The van der Waals surface area contributed by atoms with Crippen molar-refractivity contribution in [1.29, 1.82) is 0 Å². The first-order valence-electron chi connectivity index (χ1n) is 5.20. The van der Waals surface area contributed by atoms with E-state index in [0.717, 1.165) is 6.54 Å². The van der Waals surface area contributed by atoms with Crippen LogP contribution in [0.3, 0.4) is 0 Å². The number of hydrogen-bond acceptors (Lipinski definition) is 2. The zero-order valence-electron chi connectivity index (χ0n) is 8.92. The van der Waals surface area contributed by atoms with Gasteiger partial charge in [-0.25, -0.2) is 0 Å². The van der Waals surface area contributed by atoms with E-state index in [0.29, 0.717) is 0 Å². The van der Waals surface area contributed by atoms with Gasteiger partial charge >= 0.3 is 0 Å². The zero-order valence-corrected chi connectivity index (χ0v) is 9.73. The number of hydrogen-bond donors (Lipinski definition) is 2. The number of rotatable bonds is 5. The molecule has 0 radical (unpaired) electrons. The fourth-order valence-electron chi connectivity index (χ4n) is 1.61. The molecule has 0 aliphatic carbocycles. The van der Waals surface area contributed by atoms with E-state index in [2.05, 4.69) is 40.8 Å². The maximum absolute atomic E-state index is 3.43. The van der Waals surface area contributed by atoms with E-state index in [1.54, 1.807) is 0 Å². The first-order chi connectivity index (χ1) is 7.40. The molecule has 1 heterocycles. The van der Waals surface area contributed by atoms with Gasteiger partial charge in [0.25, 0.3) is 0 Å². The van der Waals surface area contributed by atoms with Crippen molar-refractivity contribution in [3.63, 3.8) is 0 Å². The second-order valence-corrected chi connectivity index (χ2v) is 4.54. The number of H-pyrrole nitrogens is 1. The molecule has 0 bridgehead atoms. The minimum Gasteiger partial charge on any atom is -0.385 e. The molecule has 15 heavy (non-hydrogen) atoms. The summed E-state index contributed by atoms with van der Waals surface area (Å²) in [5.41, 5.74) is 2.41. The highest BCUT2D eigenvalue weighted by Gasteiger charge is 1.96. The molecule has 2 rings (SSSR count). The van der Waals surface area contributed by atoms with Gasteiger partial charge in [0.1, 0.15) is 0 Å². The molecule has 0 fully saturated rings. The minimum atomic E-state index is 1.05. The largest absolute Gasteiger partial charge is 0.385 e. The monoisotopic (exact) mass is 220 g/mol. The Morgan fingerprint density at radius 3 is 3.13 bits per heavy atom. The molecule has 2 aromatic rings. The van der Waals surface area contributed by atoms with Crippen LogP contribution in [0.25, 0.3) is 10.9 Å². The van der Waals surface area contributed by atoms with Crippen LogP contribution in [0.1, 0.15) is 6.42 Å². The van der Waals surface area contributed by atoms with Crippen molar-refractivity contribution in [2.24, 2.45) is 0 Å². The third-order valence-electron chi connectivity index (χ3n) is 2.41. The maximum Gasteiger partial charge on any atom is 0.0455 e. The highest BCUT2D eigenvalue weighted by Crippen LogP contribution is 2.17. The van der Waals surface area contributed by atoms with Crippen LogP contribution in [0.15, 0.2) is 30.5 Å². The number of aromatic nitrogens is 1.